The summed E-state index contributed by atoms with van der Waals surface area (Å²) in [5, 5.41) is 2.85. The molecule has 0 unspecified atom stereocenters. The third kappa shape index (κ3) is 3.99. The highest BCUT2D eigenvalue weighted by molar-refractivity contribution is 5.96. The smallest absolute Gasteiger partial charge is 0.406 e. The Kier molecular flexibility index (Phi) is 5.38. The van der Waals surface area contributed by atoms with E-state index < -0.39 is 6.36 Å². The number of ether oxygens (including phenoxy) is 1. The van der Waals surface area contributed by atoms with Gasteiger partial charge >= 0.3 is 6.36 Å². The predicted octanol–water partition coefficient (Wildman–Crippen LogP) is 3.30. The fourth-order valence-electron chi connectivity index (χ4n) is 3.30. The maximum Gasteiger partial charge on any atom is 0.573 e. The zero-order valence-corrected chi connectivity index (χ0v) is 15.4. The lowest BCUT2D eigenvalue weighted by Crippen LogP contribution is -2.41. The van der Waals surface area contributed by atoms with Crippen molar-refractivity contribution in [3.8, 4) is 28.7 Å². The molecule has 0 spiro atoms. The van der Waals surface area contributed by atoms with Crippen LogP contribution < -0.4 is 15.8 Å². The molecule has 3 N–H and O–H groups in total. The Hall–Kier alpha value is -2.92. The highest BCUT2D eigenvalue weighted by Gasteiger charge is 2.33. The summed E-state index contributed by atoms with van der Waals surface area (Å²) in [4.78, 5) is 12.4. The van der Waals surface area contributed by atoms with Crippen molar-refractivity contribution in [2.45, 2.75) is 26.3 Å². The topological polar surface area (TPSA) is 69.3 Å². The molecule has 0 aliphatic carbocycles. The number of aromatic nitrogens is 1. The van der Waals surface area contributed by atoms with E-state index in [1.54, 1.807) is 12.1 Å². The van der Waals surface area contributed by atoms with Gasteiger partial charge in [-0.25, -0.2) is 0 Å². The number of fused-ring (bicyclic) bond motifs is 1. The van der Waals surface area contributed by atoms with E-state index in [1.165, 1.54) is 18.2 Å². The zero-order valence-electron chi connectivity index (χ0n) is 15.4. The number of carbonyl (C=O) groups is 1. The minimum absolute atomic E-state index is 0.0295. The van der Waals surface area contributed by atoms with Crippen LogP contribution in [-0.4, -0.2) is 29.9 Å². The first-order valence-corrected chi connectivity index (χ1v) is 8.80. The molecule has 1 amide bonds. The van der Waals surface area contributed by atoms with Crippen molar-refractivity contribution < 1.29 is 22.7 Å². The van der Waals surface area contributed by atoms with Crippen LogP contribution in [0.4, 0.5) is 13.2 Å². The van der Waals surface area contributed by atoms with E-state index in [1.807, 2.05) is 18.4 Å². The number of nitrogens with two attached hydrogens (primary N) is 1. The Morgan fingerprint density at radius 3 is 2.75 bits per heavy atom. The molecular weight excluding hydrogens is 371 g/mol. The normalized spacial score (nSPS) is 16.2. The molecule has 0 radical (unpaired) electrons. The van der Waals surface area contributed by atoms with Gasteiger partial charge in [0.25, 0.3) is 5.91 Å². The summed E-state index contributed by atoms with van der Waals surface area (Å²) < 4.78 is 43.6. The van der Waals surface area contributed by atoms with Crippen LogP contribution in [0.25, 0.3) is 11.1 Å². The van der Waals surface area contributed by atoms with Crippen LogP contribution in [0.2, 0.25) is 0 Å². The van der Waals surface area contributed by atoms with Crippen LogP contribution in [0.3, 0.4) is 0 Å². The first kappa shape index (κ1) is 19.8. The molecule has 8 heteroatoms. The van der Waals surface area contributed by atoms with E-state index in [2.05, 4.69) is 21.9 Å². The molecular formula is C20H20F3N3O2. The van der Waals surface area contributed by atoms with Crippen molar-refractivity contribution in [1.82, 2.24) is 9.88 Å². The van der Waals surface area contributed by atoms with Gasteiger partial charge in [-0.15, -0.1) is 13.2 Å². The van der Waals surface area contributed by atoms with Crippen LogP contribution in [-0.2, 0) is 0 Å². The number of carbonyl (C=O) groups excluding carboxylic acids is 1. The molecule has 1 aliphatic rings. The van der Waals surface area contributed by atoms with Gasteiger partial charge in [-0.3, -0.25) is 4.79 Å². The molecule has 0 bridgehead atoms. The minimum Gasteiger partial charge on any atom is -0.406 e. The summed E-state index contributed by atoms with van der Waals surface area (Å²) in [5.74, 6) is 5.41. The Balaban J connectivity index is 2.18. The van der Waals surface area contributed by atoms with Crippen LogP contribution in [0.15, 0.2) is 30.3 Å². The SMILES string of the molecule is CC(C)[C@H]1CNC(=O)c2cc(-c3cccc(OC(F)(F)F)c3)c(C#CCN)n21. The van der Waals surface area contributed by atoms with E-state index in [0.29, 0.717) is 29.1 Å². The maximum absolute atomic E-state index is 12.6. The number of hydrogen-bond donors (Lipinski definition) is 2. The van der Waals surface area contributed by atoms with Crippen molar-refractivity contribution in [2.24, 2.45) is 11.7 Å². The standard InChI is InChI=1S/C20H20F3N3O2/c1-12(2)18-11-25-19(27)17-10-15(16(26(17)18)7-4-8-24)13-5-3-6-14(9-13)28-20(21,22)23/h3,5-6,9-10,12,18H,8,11,24H2,1-2H3,(H,25,27)/t18-/m1/s1. The van der Waals surface area contributed by atoms with Crippen molar-refractivity contribution in [3.05, 3.63) is 41.7 Å². The van der Waals surface area contributed by atoms with E-state index in [-0.39, 0.29) is 30.2 Å². The van der Waals surface area contributed by atoms with Gasteiger partial charge in [0.15, 0.2) is 0 Å². The average Bonchev–Trinajstić information content (AvgIpc) is 2.99. The number of amides is 1. The van der Waals surface area contributed by atoms with Gasteiger partial charge in [0.05, 0.1) is 12.6 Å². The highest BCUT2D eigenvalue weighted by atomic mass is 19.4. The van der Waals surface area contributed by atoms with Gasteiger partial charge in [0.1, 0.15) is 17.1 Å². The lowest BCUT2D eigenvalue weighted by molar-refractivity contribution is -0.274. The lowest BCUT2D eigenvalue weighted by Gasteiger charge is -2.30. The van der Waals surface area contributed by atoms with Gasteiger partial charge in [-0.05, 0) is 35.6 Å². The summed E-state index contributed by atoms with van der Waals surface area (Å²) in [6.07, 6.45) is -4.79. The van der Waals surface area contributed by atoms with Gasteiger partial charge in [0, 0.05) is 12.1 Å². The van der Waals surface area contributed by atoms with Crippen LogP contribution >= 0.6 is 0 Å². The van der Waals surface area contributed by atoms with E-state index >= 15 is 0 Å². The molecule has 0 fully saturated rings. The molecule has 1 aromatic heterocycles. The number of rotatable bonds is 3. The summed E-state index contributed by atoms with van der Waals surface area (Å²) in [5.41, 5.74) is 7.53. The summed E-state index contributed by atoms with van der Waals surface area (Å²) in [6, 6.07) is 7.25. The average molecular weight is 391 g/mol. The second-order valence-electron chi connectivity index (χ2n) is 6.76. The van der Waals surface area contributed by atoms with E-state index in [0.717, 1.165) is 0 Å². The predicted molar refractivity (Wildman–Crippen MR) is 98.7 cm³/mol. The number of nitrogens with one attached hydrogen (secondary N) is 1. The Bertz CT molecular complexity index is 952. The number of benzene rings is 1. The van der Waals surface area contributed by atoms with Crippen LogP contribution in [0.1, 0.15) is 36.1 Å². The highest BCUT2D eigenvalue weighted by Crippen LogP contribution is 2.35. The lowest BCUT2D eigenvalue weighted by atomic mass is 10.0. The molecule has 148 valence electrons. The molecule has 1 atom stereocenters. The minimum atomic E-state index is -4.79. The van der Waals surface area contributed by atoms with Crippen molar-refractivity contribution in [2.75, 3.05) is 13.1 Å². The zero-order chi connectivity index (χ0) is 20.5. The molecule has 0 saturated carbocycles. The molecule has 5 nitrogen and oxygen atoms in total. The Morgan fingerprint density at radius 1 is 1.36 bits per heavy atom. The third-order valence-corrected chi connectivity index (χ3v) is 4.53. The molecule has 1 aromatic carbocycles. The summed E-state index contributed by atoms with van der Waals surface area (Å²) >= 11 is 0. The van der Waals surface area contributed by atoms with Crippen LogP contribution in [0.5, 0.6) is 5.75 Å². The van der Waals surface area contributed by atoms with Crippen molar-refractivity contribution >= 4 is 5.91 Å². The van der Waals surface area contributed by atoms with Crippen LogP contribution in [0, 0.1) is 17.8 Å². The molecule has 3 rings (SSSR count). The number of alkyl halides is 3. The van der Waals surface area contributed by atoms with Gasteiger partial charge < -0.3 is 20.4 Å². The largest absolute Gasteiger partial charge is 0.573 e. The fraction of sp³-hybridized carbons (Fsp3) is 0.350. The molecule has 2 heterocycles. The van der Waals surface area contributed by atoms with E-state index in [9.17, 15) is 18.0 Å². The number of nitrogens with zero attached hydrogens (tertiary/aromatic N) is 1. The van der Waals surface area contributed by atoms with Crippen molar-refractivity contribution in [3.63, 3.8) is 0 Å². The van der Waals surface area contributed by atoms with E-state index in [4.69, 9.17) is 5.73 Å². The second kappa shape index (κ2) is 7.60. The van der Waals surface area contributed by atoms with Crippen molar-refractivity contribution in [1.29, 1.82) is 0 Å². The monoisotopic (exact) mass is 391 g/mol. The Morgan fingerprint density at radius 2 is 2.11 bits per heavy atom. The van der Waals surface area contributed by atoms with Gasteiger partial charge in [0.2, 0.25) is 0 Å². The number of halogens is 3. The molecule has 0 saturated heterocycles. The quantitative estimate of drug-likeness (QED) is 0.789. The third-order valence-electron chi connectivity index (χ3n) is 4.53. The maximum atomic E-state index is 12.6. The molecule has 1 aliphatic heterocycles. The first-order valence-electron chi connectivity index (χ1n) is 8.80. The van der Waals surface area contributed by atoms with Gasteiger partial charge in [-0.2, -0.15) is 0 Å². The first-order chi connectivity index (χ1) is 13.2. The summed E-state index contributed by atoms with van der Waals surface area (Å²) in [6.45, 7) is 4.63. The fourth-order valence-corrected chi connectivity index (χ4v) is 3.30. The summed E-state index contributed by atoms with van der Waals surface area (Å²) in [7, 11) is 0. The Labute approximate surface area is 160 Å². The number of hydrogen-bond acceptors (Lipinski definition) is 3. The molecule has 2 aromatic rings. The molecule has 28 heavy (non-hydrogen) atoms. The van der Waals surface area contributed by atoms with Gasteiger partial charge in [-0.1, -0.05) is 31.9 Å². The second-order valence-corrected chi connectivity index (χ2v) is 6.76.